The van der Waals surface area contributed by atoms with Gasteiger partial charge in [-0.2, -0.15) is 0 Å². The normalized spacial score (nSPS) is 18.1. The summed E-state index contributed by atoms with van der Waals surface area (Å²) in [5.41, 5.74) is 10.3. The van der Waals surface area contributed by atoms with E-state index in [2.05, 4.69) is 152 Å². The molecule has 9 aromatic rings. The van der Waals surface area contributed by atoms with Gasteiger partial charge in [0.25, 0.3) is 0 Å². The molecule has 0 N–H and O–H groups in total. The molecule has 3 aliphatic carbocycles. The standard InChI is InChI=1S/C52H36OS/c1-2-11-32-26-37(21-20-31(32)10-1)51-41-17-5-3-15-39(41)50(40-16-4-6-18-42(40)51)36-13-9-12-33(27-36)34-22-24-48-45(28-34)52-43-30-44-38-14-7-8-19-46(38)53-47(44)29-35(43)23-25-49(52)54-48/h1,3-10,12-21,23-25,27-30,32,34H,2,11,22,26H2. The predicted octanol–water partition coefficient (Wildman–Crippen LogP) is 13.4. The fourth-order valence-corrected chi connectivity index (χ4v) is 11.0. The lowest BCUT2D eigenvalue weighted by atomic mass is 9.77. The Hall–Kier alpha value is -5.96. The molecule has 1 nitrogen and oxygen atoms in total. The molecule has 0 spiro atoms. The molecule has 0 aliphatic heterocycles. The van der Waals surface area contributed by atoms with E-state index in [1.54, 1.807) is 0 Å². The van der Waals surface area contributed by atoms with Gasteiger partial charge >= 0.3 is 0 Å². The summed E-state index contributed by atoms with van der Waals surface area (Å²) in [6.45, 7) is 0. The molecule has 2 unspecified atom stereocenters. The van der Waals surface area contributed by atoms with Gasteiger partial charge < -0.3 is 4.42 Å². The number of benzene rings is 7. The SMILES string of the molecule is C1=CC2=CC=C(c3c4ccccc4c(-c4cccc(C5C=c6c(sc7ccc8cc9oc%10ccccc%10c9cc8c67)=CC5)c4)c4ccccc34)CC2CC1. The zero-order valence-corrected chi connectivity index (χ0v) is 30.6. The number of furan rings is 1. The molecule has 2 heterocycles. The van der Waals surface area contributed by atoms with Gasteiger partial charge in [-0.25, -0.2) is 0 Å². The van der Waals surface area contributed by atoms with Crippen molar-refractivity contribution in [3.63, 3.8) is 0 Å². The molecule has 0 saturated carbocycles. The van der Waals surface area contributed by atoms with E-state index in [9.17, 15) is 0 Å². The summed E-state index contributed by atoms with van der Waals surface area (Å²) in [7, 11) is 0. The Morgan fingerprint density at radius 1 is 0.630 bits per heavy atom. The number of hydrogen-bond acceptors (Lipinski definition) is 2. The number of rotatable bonds is 3. The molecule has 0 amide bonds. The third-order valence-electron chi connectivity index (χ3n) is 12.4. The second-order valence-electron chi connectivity index (χ2n) is 15.4. The topological polar surface area (TPSA) is 13.1 Å². The minimum absolute atomic E-state index is 0.290. The zero-order chi connectivity index (χ0) is 35.3. The number of thiophene rings is 1. The molecule has 2 aromatic heterocycles. The predicted molar refractivity (Wildman–Crippen MR) is 232 cm³/mol. The molecule has 256 valence electrons. The van der Waals surface area contributed by atoms with Gasteiger partial charge in [-0.05, 0) is 127 Å². The van der Waals surface area contributed by atoms with Crippen LogP contribution in [0.1, 0.15) is 42.7 Å². The van der Waals surface area contributed by atoms with Crippen molar-refractivity contribution in [1.29, 1.82) is 0 Å². The van der Waals surface area contributed by atoms with Crippen molar-refractivity contribution >= 4 is 93.4 Å². The van der Waals surface area contributed by atoms with Crippen molar-refractivity contribution in [2.75, 3.05) is 0 Å². The Morgan fingerprint density at radius 2 is 1.41 bits per heavy atom. The number of fused-ring (bicyclic) bond motifs is 11. The second kappa shape index (κ2) is 11.8. The maximum Gasteiger partial charge on any atom is 0.136 e. The third-order valence-corrected chi connectivity index (χ3v) is 13.6. The van der Waals surface area contributed by atoms with Gasteiger partial charge in [-0.15, -0.1) is 11.3 Å². The summed E-state index contributed by atoms with van der Waals surface area (Å²) < 4.78 is 9.01. The van der Waals surface area contributed by atoms with Crippen LogP contribution in [0.4, 0.5) is 0 Å². The first-order chi connectivity index (χ1) is 26.7. The lowest BCUT2D eigenvalue weighted by Crippen LogP contribution is -2.23. The van der Waals surface area contributed by atoms with Gasteiger partial charge in [0.1, 0.15) is 11.2 Å². The molecule has 7 aromatic carbocycles. The van der Waals surface area contributed by atoms with Crippen LogP contribution in [0.25, 0.3) is 93.2 Å². The van der Waals surface area contributed by atoms with E-state index in [-0.39, 0.29) is 0 Å². The average molecular weight is 709 g/mol. The summed E-state index contributed by atoms with van der Waals surface area (Å²) in [6, 6.07) is 45.2. The van der Waals surface area contributed by atoms with Crippen molar-refractivity contribution in [1.82, 2.24) is 0 Å². The molecule has 54 heavy (non-hydrogen) atoms. The van der Waals surface area contributed by atoms with Crippen LogP contribution in [0, 0.1) is 5.92 Å². The first-order valence-corrected chi connectivity index (χ1v) is 20.2. The number of allylic oxidation sites excluding steroid dienone is 6. The molecule has 2 atom stereocenters. The largest absolute Gasteiger partial charge is 0.456 e. The molecule has 0 bridgehead atoms. The lowest BCUT2D eigenvalue weighted by molar-refractivity contribution is 0.573. The first-order valence-electron chi connectivity index (χ1n) is 19.4. The van der Waals surface area contributed by atoms with Gasteiger partial charge in [-0.1, -0.05) is 134 Å². The van der Waals surface area contributed by atoms with Crippen LogP contribution in [-0.4, -0.2) is 0 Å². The maximum absolute atomic E-state index is 6.28. The smallest absolute Gasteiger partial charge is 0.136 e. The Labute approximate surface area is 317 Å². The van der Waals surface area contributed by atoms with Crippen LogP contribution < -0.4 is 9.75 Å². The minimum Gasteiger partial charge on any atom is -0.456 e. The summed E-state index contributed by atoms with van der Waals surface area (Å²) in [5, 5.41) is 13.0. The number of hydrogen-bond donors (Lipinski definition) is 0. The molecule has 0 radical (unpaired) electrons. The van der Waals surface area contributed by atoms with Gasteiger partial charge in [0.15, 0.2) is 0 Å². The number of para-hydroxylation sites is 1. The van der Waals surface area contributed by atoms with Crippen molar-refractivity contribution in [2.24, 2.45) is 5.92 Å². The Bertz CT molecular complexity index is 3230. The van der Waals surface area contributed by atoms with Crippen LogP contribution in [0.5, 0.6) is 0 Å². The van der Waals surface area contributed by atoms with E-state index < -0.39 is 0 Å². The molecule has 12 rings (SSSR count). The summed E-state index contributed by atoms with van der Waals surface area (Å²) in [4.78, 5) is 0. The van der Waals surface area contributed by atoms with Crippen molar-refractivity contribution < 1.29 is 4.42 Å². The molecular weight excluding hydrogens is 673 g/mol. The highest BCUT2D eigenvalue weighted by Crippen LogP contribution is 2.46. The Balaban J connectivity index is 1.02. The van der Waals surface area contributed by atoms with Crippen LogP contribution in [-0.2, 0) is 0 Å². The molecule has 0 fully saturated rings. The van der Waals surface area contributed by atoms with E-state index in [0.717, 1.165) is 24.0 Å². The highest BCUT2D eigenvalue weighted by atomic mass is 32.1. The van der Waals surface area contributed by atoms with E-state index in [0.29, 0.717) is 11.8 Å². The summed E-state index contributed by atoms with van der Waals surface area (Å²) in [6.07, 6.45) is 19.0. The monoisotopic (exact) mass is 708 g/mol. The Kier molecular flexibility index (Phi) is 6.65. The Morgan fingerprint density at radius 3 is 2.24 bits per heavy atom. The van der Waals surface area contributed by atoms with E-state index >= 15 is 0 Å². The second-order valence-corrected chi connectivity index (χ2v) is 16.5. The van der Waals surface area contributed by atoms with Crippen molar-refractivity contribution in [3.05, 3.63) is 172 Å². The molecular formula is C52H36OS. The van der Waals surface area contributed by atoms with Crippen LogP contribution in [0.3, 0.4) is 0 Å². The highest BCUT2D eigenvalue weighted by Gasteiger charge is 2.25. The zero-order valence-electron chi connectivity index (χ0n) is 29.8. The molecule has 0 saturated heterocycles. The molecule has 3 aliphatic rings. The van der Waals surface area contributed by atoms with E-state index in [1.807, 2.05) is 17.4 Å². The average Bonchev–Trinajstić information content (AvgIpc) is 3.79. The van der Waals surface area contributed by atoms with Gasteiger partial charge in [-0.3, -0.25) is 0 Å². The van der Waals surface area contributed by atoms with Crippen molar-refractivity contribution in [2.45, 2.75) is 31.6 Å². The van der Waals surface area contributed by atoms with E-state index in [1.165, 1.54) is 109 Å². The quantitative estimate of drug-likeness (QED) is 0.167. The van der Waals surface area contributed by atoms with Crippen LogP contribution in [0.2, 0.25) is 0 Å². The minimum atomic E-state index is 0.290. The first kappa shape index (κ1) is 30.5. The van der Waals surface area contributed by atoms with Crippen LogP contribution >= 0.6 is 11.3 Å². The highest BCUT2D eigenvalue weighted by molar-refractivity contribution is 7.17. The van der Waals surface area contributed by atoms with E-state index in [4.69, 9.17) is 4.42 Å². The van der Waals surface area contributed by atoms with Gasteiger partial charge in [0.2, 0.25) is 0 Å². The van der Waals surface area contributed by atoms with Gasteiger partial charge in [0, 0.05) is 31.3 Å². The fraction of sp³-hybridized carbons (Fsp3) is 0.115. The summed E-state index contributed by atoms with van der Waals surface area (Å²) >= 11 is 1.92. The summed E-state index contributed by atoms with van der Waals surface area (Å²) in [5.74, 6) is 0.900. The van der Waals surface area contributed by atoms with Crippen LogP contribution in [0.15, 0.2) is 156 Å². The van der Waals surface area contributed by atoms with Crippen molar-refractivity contribution in [3.8, 4) is 11.1 Å². The lowest BCUT2D eigenvalue weighted by Gasteiger charge is -2.28. The molecule has 2 heteroatoms. The maximum atomic E-state index is 6.28. The fourth-order valence-electron chi connectivity index (χ4n) is 9.89. The van der Waals surface area contributed by atoms with Gasteiger partial charge in [0.05, 0.1) is 0 Å². The third kappa shape index (κ3) is 4.56.